The Hall–Kier alpha value is -4.80. The molecule has 11 heteroatoms. The summed E-state index contributed by atoms with van der Waals surface area (Å²) in [7, 11) is 0. The van der Waals surface area contributed by atoms with Crippen molar-refractivity contribution in [3.05, 3.63) is 129 Å². The highest BCUT2D eigenvalue weighted by molar-refractivity contribution is 7.09. The summed E-state index contributed by atoms with van der Waals surface area (Å²) < 4.78 is 13.8. The largest absolute Gasteiger partial charge is 0.508 e. The highest BCUT2D eigenvalue weighted by atomic mass is 35.5. The Morgan fingerprint density at radius 3 is 2.31 bits per heavy atom. The molecule has 3 aromatic carbocycles. The minimum atomic E-state index is -1.47. The Bertz CT molecular complexity index is 1980. The number of halogens is 2. The molecule has 0 radical (unpaired) electrons. The standard InChI is InChI=1S/C37H29ClFN3O5S/c38-22-7-5-21(6-8-22)37-30(34(45)42(36(37)47)40-24-11-9-23(39)10-12-24)18-29-27(32(37)20-3-13-25(43)14-4-20)15-16-28-31(29)35(46)41(33(28)44)19-26-2-1-17-48-26/h1-15,17,28-32,40,43H,16,18-19H2/t28-,29+,30-,31-,32-,37+/m0/s1. The maximum Gasteiger partial charge on any atom is 0.260 e. The third-order valence-corrected chi connectivity index (χ3v) is 11.6. The van der Waals surface area contributed by atoms with E-state index in [2.05, 4.69) is 5.43 Å². The minimum Gasteiger partial charge on any atom is -0.508 e. The number of aromatic hydroxyl groups is 1. The molecular weight excluding hydrogens is 653 g/mol. The van der Waals surface area contributed by atoms with Crippen LogP contribution in [0.1, 0.15) is 34.8 Å². The molecular formula is C37H29ClFN3O5S. The molecule has 2 saturated heterocycles. The second-order valence-corrected chi connectivity index (χ2v) is 14.3. The van der Waals surface area contributed by atoms with Gasteiger partial charge in [0, 0.05) is 15.8 Å². The second kappa shape index (κ2) is 11.4. The first kappa shape index (κ1) is 30.5. The molecule has 48 heavy (non-hydrogen) atoms. The molecule has 2 aliphatic carbocycles. The van der Waals surface area contributed by atoms with E-state index < -0.39 is 52.6 Å². The summed E-state index contributed by atoms with van der Waals surface area (Å²) in [6.07, 6.45) is 2.46. The predicted molar refractivity (Wildman–Crippen MR) is 177 cm³/mol. The maximum atomic E-state index is 15.1. The molecule has 2 N–H and O–H groups in total. The number of carbonyl (C=O) groups excluding carboxylic acids is 4. The number of benzene rings is 3. The fraction of sp³-hybridized carbons (Fsp3) is 0.243. The number of phenols is 1. The lowest BCUT2D eigenvalue weighted by atomic mass is 9.49. The SMILES string of the molecule is O=C1[C@H]2[C@H](CC=C3[C@H]2C[C@H]2C(=O)N(Nc4ccc(F)cc4)C(=O)[C@@]2(c2ccc(Cl)cc2)[C@H]3c2ccc(O)cc2)C(=O)N1Cc1cccs1. The number of carbonyl (C=O) groups is 4. The molecule has 2 aliphatic heterocycles. The van der Waals surface area contributed by atoms with E-state index in [0.717, 1.165) is 15.5 Å². The molecule has 4 amide bonds. The van der Waals surface area contributed by atoms with Crippen molar-refractivity contribution in [1.29, 1.82) is 0 Å². The highest BCUT2D eigenvalue weighted by Gasteiger charge is 2.70. The van der Waals surface area contributed by atoms with Gasteiger partial charge >= 0.3 is 0 Å². The number of imide groups is 2. The molecule has 3 heterocycles. The van der Waals surface area contributed by atoms with Crippen LogP contribution >= 0.6 is 22.9 Å². The average Bonchev–Trinajstić information content (AvgIpc) is 3.75. The minimum absolute atomic E-state index is 0.0371. The van der Waals surface area contributed by atoms with E-state index >= 15 is 4.79 Å². The monoisotopic (exact) mass is 681 g/mol. The zero-order valence-corrected chi connectivity index (χ0v) is 27.0. The number of hydrogen-bond donors (Lipinski definition) is 2. The fourth-order valence-corrected chi connectivity index (χ4v) is 9.30. The molecule has 3 fully saturated rings. The first-order valence-corrected chi connectivity index (χ1v) is 17.0. The number of amides is 4. The van der Waals surface area contributed by atoms with Gasteiger partial charge < -0.3 is 5.11 Å². The van der Waals surface area contributed by atoms with Gasteiger partial charge in [-0.05, 0) is 89.9 Å². The van der Waals surface area contributed by atoms with E-state index in [1.54, 1.807) is 48.5 Å². The van der Waals surface area contributed by atoms with Crippen LogP contribution < -0.4 is 5.43 Å². The number of thiophene rings is 1. The van der Waals surface area contributed by atoms with Crippen LogP contribution in [0, 0.1) is 29.5 Å². The summed E-state index contributed by atoms with van der Waals surface area (Å²) in [5.41, 5.74) is 3.89. The van der Waals surface area contributed by atoms with Gasteiger partial charge in [-0.25, -0.2) is 4.39 Å². The number of rotatable bonds is 6. The molecule has 8 rings (SSSR count). The smallest absolute Gasteiger partial charge is 0.260 e. The summed E-state index contributed by atoms with van der Waals surface area (Å²) in [5.74, 6) is -5.34. The van der Waals surface area contributed by atoms with Crippen LogP contribution in [0.5, 0.6) is 5.75 Å². The van der Waals surface area contributed by atoms with Gasteiger partial charge in [-0.15, -0.1) is 11.3 Å². The van der Waals surface area contributed by atoms with E-state index in [9.17, 15) is 23.9 Å². The number of hydrazine groups is 1. The van der Waals surface area contributed by atoms with Crippen molar-refractivity contribution in [2.24, 2.45) is 23.7 Å². The molecule has 242 valence electrons. The van der Waals surface area contributed by atoms with Crippen LogP contribution in [0.2, 0.25) is 5.02 Å². The molecule has 4 aliphatic rings. The van der Waals surface area contributed by atoms with Crippen molar-refractivity contribution in [3.8, 4) is 5.75 Å². The molecule has 0 bridgehead atoms. The summed E-state index contributed by atoms with van der Waals surface area (Å²) in [4.78, 5) is 59.9. The molecule has 8 nitrogen and oxygen atoms in total. The quantitative estimate of drug-likeness (QED) is 0.180. The van der Waals surface area contributed by atoms with Crippen LogP contribution in [0.4, 0.5) is 10.1 Å². The number of nitrogens with zero attached hydrogens (tertiary/aromatic N) is 2. The van der Waals surface area contributed by atoms with Gasteiger partial charge in [0.25, 0.3) is 11.8 Å². The highest BCUT2D eigenvalue weighted by Crippen LogP contribution is 2.64. The first-order valence-electron chi connectivity index (χ1n) is 15.7. The van der Waals surface area contributed by atoms with E-state index in [-0.39, 0.29) is 30.5 Å². The molecule has 6 atom stereocenters. The lowest BCUT2D eigenvalue weighted by Gasteiger charge is -2.50. The van der Waals surface area contributed by atoms with Crippen LogP contribution in [0.15, 0.2) is 102 Å². The van der Waals surface area contributed by atoms with E-state index in [4.69, 9.17) is 11.6 Å². The van der Waals surface area contributed by atoms with Crippen LogP contribution in [-0.2, 0) is 31.1 Å². The number of hydrogen-bond acceptors (Lipinski definition) is 7. The topological polar surface area (TPSA) is 107 Å². The molecule has 0 unspecified atom stereocenters. The number of fused-ring (bicyclic) bond motifs is 4. The third-order valence-electron chi connectivity index (χ3n) is 10.5. The Morgan fingerprint density at radius 2 is 1.62 bits per heavy atom. The third kappa shape index (κ3) is 4.53. The van der Waals surface area contributed by atoms with Gasteiger partial charge in [-0.3, -0.25) is 29.5 Å². The van der Waals surface area contributed by atoms with Gasteiger partial charge in [0.2, 0.25) is 11.8 Å². The normalized spacial score (nSPS) is 27.9. The van der Waals surface area contributed by atoms with Gasteiger partial charge in [-0.2, -0.15) is 5.01 Å². The van der Waals surface area contributed by atoms with E-state index in [0.29, 0.717) is 28.3 Å². The molecule has 4 aromatic rings. The Morgan fingerprint density at radius 1 is 0.896 bits per heavy atom. The van der Waals surface area contributed by atoms with Crippen LogP contribution in [0.3, 0.4) is 0 Å². The Balaban J connectivity index is 1.30. The number of phenolic OH excluding ortho intramolecular Hbond substituents is 1. The van der Waals surface area contributed by atoms with Crippen molar-refractivity contribution in [1.82, 2.24) is 9.91 Å². The molecule has 0 spiro atoms. The zero-order valence-electron chi connectivity index (χ0n) is 25.4. The summed E-state index contributed by atoms with van der Waals surface area (Å²) in [6, 6.07) is 22.6. The van der Waals surface area contributed by atoms with Crippen molar-refractivity contribution < 1.29 is 28.7 Å². The zero-order chi connectivity index (χ0) is 33.3. The van der Waals surface area contributed by atoms with Gasteiger partial charge in [0.1, 0.15) is 11.6 Å². The van der Waals surface area contributed by atoms with Gasteiger partial charge in [-0.1, -0.05) is 53.6 Å². The summed E-state index contributed by atoms with van der Waals surface area (Å²) in [6.45, 7) is 0.191. The number of anilines is 1. The Kier molecular flexibility index (Phi) is 7.26. The lowest BCUT2D eigenvalue weighted by molar-refractivity contribution is -0.141. The number of likely N-dealkylation sites (tertiary alicyclic amines) is 1. The first-order chi connectivity index (χ1) is 23.2. The van der Waals surface area contributed by atoms with Gasteiger partial charge in [0.15, 0.2) is 0 Å². The maximum absolute atomic E-state index is 15.1. The molecule has 1 saturated carbocycles. The Labute approximate surface area is 284 Å². The van der Waals surface area contributed by atoms with Crippen LogP contribution in [0.25, 0.3) is 0 Å². The summed E-state index contributed by atoms with van der Waals surface area (Å²) in [5, 5.41) is 13.6. The second-order valence-electron chi connectivity index (χ2n) is 12.8. The number of nitrogens with one attached hydrogen (secondary N) is 1. The fourth-order valence-electron chi connectivity index (χ4n) is 8.48. The lowest BCUT2D eigenvalue weighted by Crippen LogP contribution is -2.53. The van der Waals surface area contributed by atoms with Crippen molar-refractivity contribution in [2.75, 3.05) is 5.43 Å². The van der Waals surface area contributed by atoms with E-state index in [1.807, 2.05) is 23.6 Å². The summed E-state index contributed by atoms with van der Waals surface area (Å²) >= 11 is 7.80. The predicted octanol–water partition coefficient (Wildman–Crippen LogP) is 6.43. The van der Waals surface area contributed by atoms with Crippen molar-refractivity contribution >= 4 is 52.3 Å². The van der Waals surface area contributed by atoms with Gasteiger partial charge in [0.05, 0.1) is 35.4 Å². The average molecular weight is 682 g/mol. The number of allylic oxidation sites excluding steroid dienone is 2. The van der Waals surface area contributed by atoms with E-state index in [1.165, 1.54) is 40.5 Å². The van der Waals surface area contributed by atoms with Crippen LogP contribution in [-0.4, -0.2) is 38.6 Å². The van der Waals surface area contributed by atoms with Crippen molar-refractivity contribution in [2.45, 2.75) is 30.7 Å². The molecule has 1 aromatic heterocycles. The van der Waals surface area contributed by atoms with Crippen molar-refractivity contribution in [3.63, 3.8) is 0 Å².